The van der Waals surface area contributed by atoms with Crippen LogP contribution in [0.4, 0.5) is 0 Å². The Morgan fingerprint density at radius 3 is 2.55 bits per heavy atom. The fourth-order valence-corrected chi connectivity index (χ4v) is 4.14. The Labute approximate surface area is 186 Å². The number of hydrogen-bond acceptors (Lipinski definition) is 3. The molecule has 31 heavy (non-hydrogen) atoms. The Balaban J connectivity index is 0.00000166. The number of hydrogen-bond donors (Lipinski definition) is 2. The first kappa shape index (κ1) is 24.4. The van der Waals surface area contributed by atoms with Gasteiger partial charge in [-0.2, -0.15) is 0 Å². The van der Waals surface area contributed by atoms with Gasteiger partial charge in [-0.15, -0.1) is 0 Å². The third-order valence-corrected chi connectivity index (χ3v) is 6.07. The highest BCUT2D eigenvalue weighted by molar-refractivity contribution is 6.09. The SMILES string of the molecule is CC.Cc1cc2c(cc1C(/C=C/C1=CCC=C(C(=O)O)C=C1)=N\O)C(C)CCC2(C)C. The maximum Gasteiger partial charge on any atom is 0.335 e. The highest BCUT2D eigenvalue weighted by Gasteiger charge is 2.31. The summed E-state index contributed by atoms with van der Waals surface area (Å²) >= 11 is 0. The van der Waals surface area contributed by atoms with Gasteiger partial charge in [-0.3, -0.25) is 0 Å². The standard InChI is InChI=1S/C25H29NO3.C2H6/c1-16-12-13-25(3,4)22-14-17(2)21(15-20(16)22)23(26-29)11-9-18-6-5-7-19(10-8-18)24(27)28;1-2/h6-11,14-16,29H,5,12-13H2,1-4H3,(H,27,28);1-2H3/b11-9+,26-23-;. The van der Waals surface area contributed by atoms with Gasteiger partial charge in [0.2, 0.25) is 0 Å². The van der Waals surface area contributed by atoms with Crippen molar-refractivity contribution >= 4 is 11.7 Å². The number of nitrogens with zero attached hydrogens (tertiary/aromatic N) is 1. The van der Waals surface area contributed by atoms with Crippen molar-refractivity contribution in [2.45, 2.75) is 72.1 Å². The van der Waals surface area contributed by atoms with Gasteiger partial charge in [-0.1, -0.05) is 70.1 Å². The van der Waals surface area contributed by atoms with Crippen molar-refractivity contribution in [2.24, 2.45) is 5.16 Å². The normalized spacial score (nSPS) is 20.2. The van der Waals surface area contributed by atoms with E-state index in [0.29, 0.717) is 18.1 Å². The van der Waals surface area contributed by atoms with Gasteiger partial charge in [0.05, 0.1) is 5.57 Å². The first-order valence-corrected chi connectivity index (χ1v) is 11.1. The van der Waals surface area contributed by atoms with E-state index in [9.17, 15) is 10.0 Å². The van der Waals surface area contributed by atoms with Crippen molar-refractivity contribution in [3.8, 4) is 0 Å². The second kappa shape index (κ2) is 10.4. The highest BCUT2D eigenvalue weighted by Crippen LogP contribution is 2.43. The summed E-state index contributed by atoms with van der Waals surface area (Å²) in [6, 6.07) is 4.42. The first-order valence-electron chi connectivity index (χ1n) is 11.1. The lowest BCUT2D eigenvalue weighted by molar-refractivity contribution is -0.132. The largest absolute Gasteiger partial charge is 0.478 e. The van der Waals surface area contributed by atoms with Crippen LogP contribution in [0, 0.1) is 6.92 Å². The molecule has 0 amide bonds. The molecule has 1 aromatic rings. The number of oxime groups is 1. The van der Waals surface area contributed by atoms with Crippen LogP contribution in [0.25, 0.3) is 0 Å². The highest BCUT2D eigenvalue weighted by atomic mass is 16.4. The summed E-state index contributed by atoms with van der Waals surface area (Å²) in [5.74, 6) is -0.450. The van der Waals surface area contributed by atoms with E-state index in [2.05, 4.69) is 45.0 Å². The molecule has 0 spiro atoms. The molecule has 0 fully saturated rings. The van der Waals surface area contributed by atoms with Gasteiger partial charge < -0.3 is 10.3 Å². The molecule has 166 valence electrons. The molecule has 0 radical (unpaired) electrons. The van der Waals surface area contributed by atoms with E-state index in [1.807, 2.05) is 26.0 Å². The minimum atomic E-state index is -0.931. The zero-order valence-corrected chi connectivity index (χ0v) is 19.6. The molecule has 0 aromatic heterocycles. The number of allylic oxidation sites excluding steroid dienone is 6. The van der Waals surface area contributed by atoms with E-state index >= 15 is 0 Å². The number of carboxylic acids is 1. The monoisotopic (exact) mass is 421 g/mol. The topological polar surface area (TPSA) is 69.9 Å². The van der Waals surface area contributed by atoms with Crippen LogP contribution in [0.3, 0.4) is 0 Å². The minimum Gasteiger partial charge on any atom is -0.478 e. The van der Waals surface area contributed by atoms with Crippen LogP contribution < -0.4 is 0 Å². The van der Waals surface area contributed by atoms with Gasteiger partial charge in [0, 0.05) is 5.56 Å². The quantitative estimate of drug-likeness (QED) is 0.318. The molecule has 1 atom stereocenters. The van der Waals surface area contributed by atoms with E-state index in [-0.39, 0.29) is 11.0 Å². The fraction of sp³-hybridized carbons (Fsp3) is 0.407. The molecule has 0 bridgehead atoms. The van der Waals surface area contributed by atoms with Crippen LogP contribution in [0.5, 0.6) is 0 Å². The molecule has 2 aliphatic rings. The second-order valence-corrected chi connectivity index (χ2v) is 8.63. The van der Waals surface area contributed by atoms with E-state index < -0.39 is 5.97 Å². The summed E-state index contributed by atoms with van der Waals surface area (Å²) in [5.41, 5.74) is 6.55. The third kappa shape index (κ3) is 5.63. The maximum atomic E-state index is 11.1. The van der Waals surface area contributed by atoms with Crippen molar-refractivity contribution < 1.29 is 15.1 Å². The van der Waals surface area contributed by atoms with Crippen molar-refractivity contribution in [1.82, 2.24) is 0 Å². The van der Waals surface area contributed by atoms with E-state index in [1.165, 1.54) is 17.5 Å². The predicted molar refractivity (Wildman–Crippen MR) is 128 cm³/mol. The van der Waals surface area contributed by atoms with Gasteiger partial charge in [-0.25, -0.2) is 4.79 Å². The molecule has 0 saturated carbocycles. The van der Waals surface area contributed by atoms with Crippen LogP contribution in [0.2, 0.25) is 0 Å². The van der Waals surface area contributed by atoms with Gasteiger partial charge in [0.1, 0.15) is 5.71 Å². The van der Waals surface area contributed by atoms with Crippen LogP contribution in [0.1, 0.15) is 82.1 Å². The smallest absolute Gasteiger partial charge is 0.335 e. The number of aryl methyl sites for hydroxylation is 1. The Morgan fingerprint density at radius 1 is 1.19 bits per heavy atom. The lowest BCUT2D eigenvalue weighted by Gasteiger charge is -2.36. The Kier molecular flexibility index (Phi) is 8.21. The zero-order chi connectivity index (χ0) is 23.2. The molecule has 2 aliphatic carbocycles. The number of aliphatic carboxylic acids is 1. The summed E-state index contributed by atoms with van der Waals surface area (Å²) in [4.78, 5) is 11.1. The number of fused-ring (bicyclic) bond motifs is 1. The fourth-order valence-electron chi connectivity index (χ4n) is 4.14. The molecular weight excluding hydrogens is 386 g/mol. The number of rotatable bonds is 4. The van der Waals surface area contributed by atoms with E-state index in [1.54, 1.807) is 24.3 Å². The van der Waals surface area contributed by atoms with Gasteiger partial charge in [0.25, 0.3) is 0 Å². The minimum absolute atomic E-state index is 0.155. The van der Waals surface area contributed by atoms with Crippen LogP contribution >= 0.6 is 0 Å². The predicted octanol–water partition coefficient (Wildman–Crippen LogP) is 6.83. The van der Waals surface area contributed by atoms with Crippen LogP contribution in [-0.2, 0) is 10.2 Å². The average Bonchev–Trinajstić information content (AvgIpc) is 2.99. The summed E-state index contributed by atoms with van der Waals surface area (Å²) < 4.78 is 0. The second-order valence-electron chi connectivity index (χ2n) is 8.63. The number of benzene rings is 1. The van der Waals surface area contributed by atoms with Crippen molar-refractivity contribution in [3.05, 3.63) is 82.0 Å². The molecule has 0 heterocycles. The lowest BCUT2D eigenvalue weighted by Crippen LogP contribution is -2.26. The summed E-state index contributed by atoms with van der Waals surface area (Å²) in [6.45, 7) is 12.9. The Morgan fingerprint density at radius 2 is 1.90 bits per heavy atom. The number of carboxylic acid groups (broad SMARTS) is 1. The Hall–Kier alpha value is -2.88. The number of carbonyl (C=O) groups is 1. The molecule has 1 aromatic carbocycles. The maximum absolute atomic E-state index is 11.1. The van der Waals surface area contributed by atoms with Crippen molar-refractivity contribution in [3.63, 3.8) is 0 Å². The molecule has 0 aliphatic heterocycles. The lowest BCUT2D eigenvalue weighted by atomic mass is 9.68. The van der Waals surface area contributed by atoms with Gasteiger partial charge in [-0.05, 0) is 78.0 Å². The molecule has 4 heteroatoms. The van der Waals surface area contributed by atoms with Crippen molar-refractivity contribution in [1.29, 1.82) is 0 Å². The van der Waals surface area contributed by atoms with E-state index in [0.717, 1.165) is 23.1 Å². The zero-order valence-electron chi connectivity index (χ0n) is 19.6. The van der Waals surface area contributed by atoms with Gasteiger partial charge >= 0.3 is 5.97 Å². The summed E-state index contributed by atoms with van der Waals surface area (Å²) in [5, 5.41) is 22.4. The molecule has 4 nitrogen and oxygen atoms in total. The molecular formula is C27H35NO3. The first-order chi connectivity index (χ1) is 14.7. The molecule has 3 rings (SSSR count). The molecule has 1 unspecified atom stereocenters. The van der Waals surface area contributed by atoms with Crippen LogP contribution in [0.15, 0.2) is 64.9 Å². The summed E-state index contributed by atoms with van der Waals surface area (Å²) in [6.07, 6.45) is 13.5. The summed E-state index contributed by atoms with van der Waals surface area (Å²) in [7, 11) is 0. The van der Waals surface area contributed by atoms with Gasteiger partial charge in [0.15, 0.2) is 0 Å². The molecule has 2 N–H and O–H groups in total. The van der Waals surface area contributed by atoms with Crippen molar-refractivity contribution in [2.75, 3.05) is 0 Å². The molecule has 0 saturated heterocycles. The third-order valence-electron chi connectivity index (χ3n) is 6.07. The Bertz CT molecular complexity index is 974. The van der Waals surface area contributed by atoms with Crippen LogP contribution in [-0.4, -0.2) is 22.0 Å². The van der Waals surface area contributed by atoms with E-state index in [4.69, 9.17) is 5.11 Å². The average molecular weight is 422 g/mol.